The average Bonchev–Trinajstić information content (AvgIpc) is 3.19. The molecule has 3 aromatic rings. The molecule has 1 atom stereocenters. The van der Waals surface area contributed by atoms with Crippen LogP contribution in [-0.4, -0.2) is 35.9 Å². The van der Waals surface area contributed by atoms with Crippen LogP contribution < -0.4 is 5.32 Å². The van der Waals surface area contributed by atoms with Crippen molar-refractivity contribution < 1.29 is 4.79 Å². The van der Waals surface area contributed by atoms with E-state index in [0.717, 1.165) is 11.4 Å². The Kier molecular flexibility index (Phi) is 4.68. The Bertz CT molecular complexity index is 787. The Morgan fingerprint density at radius 1 is 1.30 bits per heavy atom. The molecule has 0 unspecified atom stereocenters. The molecule has 0 bridgehead atoms. The van der Waals surface area contributed by atoms with Gasteiger partial charge in [0.15, 0.2) is 16.1 Å². The van der Waals surface area contributed by atoms with Crippen LogP contribution in [0.4, 0.5) is 5.13 Å². The van der Waals surface area contributed by atoms with Crippen LogP contribution in [0.2, 0.25) is 0 Å². The number of carbonyl (C=O) groups is 1. The monoisotopic (exact) mass is 346 g/mol. The lowest BCUT2D eigenvalue weighted by molar-refractivity contribution is -0.115. The fraction of sp³-hybridized carbons (Fsp3) is 0.214. The maximum Gasteiger partial charge on any atom is 0.239 e. The zero-order valence-corrected chi connectivity index (χ0v) is 14.1. The van der Waals surface area contributed by atoms with Crippen LogP contribution in [0, 0.1) is 0 Å². The second kappa shape index (κ2) is 6.88. The molecule has 0 aromatic carbocycles. The number of thiazole rings is 1. The third-order valence-electron chi connectivity index (χ3n) is 3.09. The van der Waals surface area contributed by atoms with E-state index in [4.69, 9.17) is 0 Å². The largest absolute Gasteiger partial charge is 0.305 e. The van der Waals surface area contributed by atoms with Gasteiger partial charge in [-0.15, -0.1) is 21.5 Å². The highest BCUT2D eigenvalue weighted by molar-refractivity contribution is 8.00. The molecule has 3 rings (SSSR count). The van der Waals surface area contributed by atoms with Gasteiger partial charge in [0, 0.05) is 36.6 Å². The molecule has 0 saturated carbocycles. The van der Waals surface area contributed by atoms with Crippen LogP contribution in [0.15, 0.2) is 41.3 Å². The van der Waals surface area contributed by atoms with E-state index >= 15 is 0 Å². The van der Waals surface area contributed by atoms with E-state index in [1.54, 1.807) is 18.6 Å². The van der Waals surface area contributed by atoms with Gasteiger partial charge in [-0.3, -0.25) is 9.78 Å². The smallest absolute Gasteiger partial charge is 0.239 e. The summed E-state index contributed by atoms with van der Waals surface area (Å²) in [5.41, 5.74) is 0.932. The van der Waals surface area contributed by atoms with Gasteiger partial charge in [0.05, 0.1) is 5.25 Å². The van der Waals surface area contributed by atoms with E-state index in [-0.39, 0.29) is 11.2 Å². The summed E-state index contributed by atoms with van der Waals surface area (Å²) in [6.07, 6.45) is 5.07. The number of rotatable bonds is 5. The number of thioether (sulfide) groups is 1. The first kappa shape index (κ1) is 15.6. The summed E-state index contributed by atoms with van der Waals surface area (Å²) in [6, 6.07) is 3.74. The second-order valence-electron chi connectivity index (χ2n) is 4.69. The van der Waals surface area contributed by atoms with E-state index in [2.05, 4.69) is 25.5 Å². The van der Waals surface area contributed by atoms with E-state index in [0.29, 0.717) is 10.3 Å². The third-order valence-corrected chi connectivity index (χ3v) is 4.91. The maximum absolute atomic E-state index is 12.2. The Labute approximate surface area is 141 Å². The van der Waals surface area contributed by atoms with Crippen molar-refractivity contribution in [1.82, 2.24) is 24.7 Å². The van der Waals surface area contributed by atoms with Crippen molar-refractivity contribution in [1.29, 1.82) is 0 Å². The topological polar surface area (TPSA) is 85.6 Å². The molecule has 9 heteroatoms. The van der Waals surface area contributed by atoms with Crippen LogP contribution in [0.25, 0.3) is 11.4 Å². The summed E-state index contributed by atoms with van der Waals surface area (Å²) in [5.74, 6) is 0.626. The van der Waals surface area contributed by atoms with Gasteiger partial charge in [-0.25, -0.2) is 4.98 Å². The molecule has 0 aliphatic carbocycles. The first-order valence-electron chi connectivity index (χ1n) is 6.82. The van der Waals surface area contributed by atoms with Gasteiger partial charge >= 0.3 is 0 Å². The molecule has 3 heterocycles. The Hall–Kier alpha value is -2.26. The molecule has 1 amide bonds. The first-order valence-corrected chi connectivity index (χ1v) is 8.58. The normalized spacial score (nSPS) is 12.1. The van der Waals surface area contributed by atoms with Gasteiger partial charge in [-0.2, -0.15) is 0 Å². The number of carbonyl (C=O) groups excluding carboxylic acids is 1. The number of amides is 1. The van der Waals surface area contributed by atoms with Crippen molar-refractivity contribution in [3.8, 4) is 11.4 Å². The number of nitrogens with zero attached hydrogens (tertiary/aromatic N) is 5. The molecule has 3 aromatic heterocycles. The molecular formula is C14H14N6OS2. The highest BCUT2D eigenvalue weighted by atomic mass is 32.2. The number of hydrogen-bond acceptors (Lipinski definition) is 7. The second-order valence-corrected chi connectivity index (χ2v) is 6.89. The SMILES string of the molecule is C[C@@H](Sc1nnc(-c2ccncc2)n1C)C(=O)Nc1nccs1. The number of anilines is 1. The quantitative estimate of drug-likeness (QED) is 0.714. The van der Waals surface area contributed by atoms with Crippen molar-refractivity contribution in [2.45, 2.75) is 17.3 Å². The van der Waals surface area contributed by atoms with Gasteiger partial charge in [-0.1, -0.05) is 11.8 Å². The molecule has 0 radical (unpaired) electrons. The predicted octanol–water partition coefficient (Wildman–Crippen LogP) is 2.45. The van der Waals surface area contributed by atoms with E-state index in [1.807, 2.05) is 36.1 Å². The minimum Gasteiger partial charge on any atom is -0.305 e. The van der Waals surface area contributed by atoms with Gasteiger partial charge < -0.3 is 9.88 Å². The molecule has 118 valence electrons. The zero-order chi connectivity index (χ0) is 16.2. The zero-order valence-electron chi connectivity index (χ0n) is 12.5. The molecular weight excluding hydrogens is 332 g/mol. The number of aromatic nitrogens is 5. The van der Waals surface area contributed by atoms with Crippen LogP contribution >= 0.6 is 23.1 Å². The van der Waals surface area contributed by atoms with E-state index in [9.17, 15) is 4.79 Å². The molecule has 0 saturated heterocycles. The van der Waals surface area contributed by atoms with Crippen molar-refractivity contribution in [2.75, 3.05) is 5.32 Å². The third kappa shape index (κ3) is 3.57. The van der Waals surface area contributed by atoms with Crippen molar-refractivity contribution >= 4 is 34.1 Å². The summed E-state index contributed by atoms with van der Waals surface area (Å²) >= 11 is 2.74. The summed E-state index contributed by atoms with van der Waals surface area (Å²) in [5, 5.41) is 13.9. The molecule has 1 N–H and O–H groups in total. The number of nitrogens with one attached hydrogen (secondary N) is 1. The number of pyridine rings is 1. The highest BCUT2D eigenvalue weighted by Gasteiger charge is 2.20. The summed E-state index contributed by atoms with van der Waals surface area (Å²) in [7, 11) is 1.88. The van der Waals surface area contributed by atoms with Crippen molar-refractivity contribution in [2.24, 2.45) is 7.05 Å². The predicted molar refractivity (Wildman–Crippen MR) is 90.3 cm³/mol. The lowest BCUT2D eigenvalue weighted by Gasteiger charge is -2.10. The van der Waals surface area contributed by atoms with E-state index in [1.165, 1.54) is 23.1 Å². The van der Waals surface area contributed by atoms with Gasteiger partial charge in [0.2, 0.25) is 5.91 Å². The minimum absolute atomic E-state index is 0.113. The molecule has 23 heavy (non-hydrogen) atoms. The number of hydrogen-bond donors (Lipinski definition) is 1. The van der Waals surface area contributed by atoms with Gasteiger partial charge in [0.1, 0.15) is 0 Å². The van der Waals surface area contributed by atoms with E-state index < -0.39 is 0 Å². The summed E-state index contributed by atoms with van der Waals surface area (Å²) < 4.78 is 1.87. The lowest BCUT2D eigenvalue weighted by atomic mass is 10.2. The molecule has 7 nitrogen and oxygen atoms in total. The Balaban J connectivity index is 1.71. The maximum atomic E-state index is 12.2. The fourth-order valence-electron chi connectivity index (χ4n) is 1.87. The van der Waals surface area contributed by atoms with Crippen molar-refractivity contribution in [3.63, 3.8) is 0 Å². The minimum atomic E-state index is -0.313. The highest BCUT2D eigenvalue weighted by Crippen LogP contribution is 2.26. The average molecular weight is 346 g/mol. The van der Waals surface area contributed by atoms with Crippen LogP contribution in [-0.2, 0) is 11.8 Å². The van der Waals surface area contributed by atoms with Gasteiger partial charge in [-0.05, 0) is 19.1 Å². The molecule has 0 aliphatic heterocycles. The van der Waals surface area contributed by atoms with Crippen LogP contribution in [0.3, 0.4) is 0 Å². The standard InChI is InChI=1S/C14H14N6OS2/c1-9(12(21)17-13-16-7-8-22-13)23-14-19-18-11(20(14)2)10-3-5-15-6-4-10/h3-9H,1-2H3,(H,16,17,21)/t9-/m1/s1. The molecule has 0 spiro atoms. The van der Waals surface area contributed by atoms with Gasteiger partial charge in [0.25, 0.3) is 0 Å². The molecule has 0 aliphatic rings. The fourth-order valence-corrected chi connectivity index (χ4v) is 3.22. The van der Waals surface area contributed by atoms with Crippen LogP contribution in [0.1, 0.15) is 6.92 Å². The Morgan fingerprint density at radius 2 is 2.09 bits per heavy atom. The summed E-state index contributed by atoms with van der Waals surface area (Å²) in [4.78, 5) is 20.2. The Morgan fingerprint density at radius 3 is 2.78 bits per heavy atom. The lowest BCUT2D eigenvalue weighted by Crippen LogP contribution is -2.22. The summed E-state index contributed by atoms with van der Waals surface area (Å²) in [6.45, 7) is 1.83. The van der Waals surface area contributed by atoms with Crippen molar-refractivity contribution in [3.05, 3.63) is 36.1 Å². The first-order chi connectivity index (χ1) is 11.1. The molecule has 0 fully saturated rings. The van der Waals surface area contributed by atoms with Crippen LogP contribution in [0.5, 0.6) is 0 Å².